The van der Waals surface area contributed by atoms with Crippen LogP contribution in [-0.2, 0) is 19.6 Å². The molecule has 50 heavy (non-hydrogen) atoms. The minimum Gasteiger partial charge on any atom is -0.862 e. The van der Waals surface area contributed by atoms with Crippen molar-refractivity contribution < 1.29 is 57.2 Å². The van der Waals surface area contributed by atoms with E-state index in [1.54, 1.807) is 6.92 Å². The summed E-state index contributed by atoms with van der Waals surface area (Å²) in [5, 5.41) is 22.3. The molecule has 2 unspecified atom stereocenters. The Bertz CT molecular complexity index is 1400. The summed E-state index contributed by atoms with van der Waals surface area (Å²) < 4.78 is 37.6. The Morgan fingerprint density at radius 1 is 1.08 bits per heavy atom. The summed E-state index contributed by atoms with van der Waals surface area (Å²) in [7, 11) is -4.29. The number of rotatable bonds is 15. The van der Waals surface area contributed by atoms with Gasteiger partial charge in [0.25, 0.3) is 10.1 Å². The molecule has 0 amide bonds. The van der Waals surface area contributed by atoms with Gasteiger partial charge in [-0.25, -0.2) is 0 Å². The van der Waals surface area contributed by atoms with Crippen molar-refractivity contribution in [1.29, 1.82) is 5.26 Å². The Morgan fingerprint density at radius 2 is 1.76 bits per heavy atom. The molecule has 3 fully saturated rings. The first-order chi connectivity index (χ1) is 22.7. The first-order valence-corrected chi connectivity index (χ1v) is 20.8. The topological polar surface area (TPSA) is 140 Å². The first-order valence-electron chi connectivity index (χ1n) is 19.2. The van der Waals surface area contributed by atoms with Gasteiger partial charge in [-0.05, 0) is 137 Å². The fourth-order valence-electron chi connectivity index (χ4n) is 10.9. The minimum absolute atomic E-state index is 0. The molecule has 0 heterocycles. The van der Waals surface area contributed by atoms with Crippen LogP contribution in [0.15, 0.2) is 16.6 Å². The molecule has 9 atom stereocenters. The van der Waals surface area contributed by atoms with E-state index in [0.717, 1.165) is 55.3 Å². The van der Waals surface area contributed by atoms with Crippen LogP contribution < -0.4 is 34.7 Å². The van der Waals surface area contributed by atoms with Crippen LogP contribution in [0.5, 0.6) is 0 Å². The number of esters is 1. The Balaban J connectivity index is 0.00000676. The molecule has 4 rings (SSSR count). The summed E-state index contributed by atoms with van der Waals surface area (Å²) in [5.41, 5.74) is -0.0680. The number of nitrogens with zero attached hydrogens (tertiary/aromatic N) is 2. The number of nitriles is 1. The van der Waals surface area contributed by atoms with E-state index in [2.05, 4.69) is 51.8 Å². The molecule has 278 valence electrons. The Kier molecular flexibility index (Phi) is 14.8. The summed E-state index contributed by atoms with van der Waals surface area (Å²) in [4.78, 5) is 17.0. The molecule has 4 aliphatic carbocycles. The number of allylic oxidation sites excluding steroid dienone is 1. The molecule has 4 aliphatic rings. The van der Waals surface area contributed by atoms with Gasteiger partial charge in [-0.3, -0.25) is 14.3 Å². The first kappa shape index (κ1) is 43.5. The van der Waals surface area contributed by atoms with Gasteiger partial charge in [0.15, 0.2) is 0 Å². The molecule has 8 nitrogen and oxygen atoms in total. The summed E-state index contributed by atoms with van der Waals surface area (Å²) in [5.74, 6) is 3.23. The molecule has 3 saturated carbocycles. The van der Waals surface area contributed by atoms with Crippen molar-refractivity contribution in [1.82, 2.24) is 0 Å². The standard InChI is InChI=1S/C40H66N2O6S.Na/c1-27(2)10-9-11-28(3)32-14-15-33-31-13-12-29-24-30(16-22-39(29,7)34(31)17-23-40(32,33)8)48-36(44)19-21-38(6,25-41)20-18-35(43)42-37(4,5)26-49(45,46)47;/h12,27-28,30-34H,9-11,13-24,26H2,1-8H3,(H,42,43)(H,45,46,47);/q;+1/p-1/t28-,30?,31+,32-,33+,34+,38?,39+,40-;/m1./s1. The van der Waals surface area contributed by atoms with Crippen LogP contribution in [0.1, 0.15) is 152 Å². The number of ether oxygens (including phenoxy) is 1. The van der Waals surface area contributed by atoms with E-state index in [1.807, 2.05) is 0 Å². The molecule has 1 N–H and O–H groups in total. The second-order valence-electron chi connectivity index (χ2n) is 18.4. The van der Waals surface area contributed by atoms with Crippen molar-refractivity contribution in [2.24, 2.45) is 56.7 Å². The zero-order valence-corrected chi connectivity index (χ0v) is 35.5. The Hall–Kier alpha value is -0.920. The number of hydrogen-bond acceptors (Lipinski definition) is 7. The van der Waals surface area contributed by atoms with E-state index in [1.165, 1.54) is 64.4 Å². The molecule has 0 aliphatic heterocycles. The maximum Gasteiger partial charge on any atom is 1.00 e. The predicted molar refractivity (Wildman–Crippen MR) is 193 cm³/mol. The van der Waals surface area contributed by atoms with E-state index >= 15 is 0 Å². The molecule has 0 bridgehead atoms. The van der Waals surface area contributed by atoms with Crippen molar-refractivity contribution in [2.45, 2.75) is 163 Å². The van der Waals surface area contributed by atoms with E-state index in [4.69, 9.17) is 9.29 Å². The van der Waals surface area contributed by atoms with E-state index in [-0.39, 0.29) is 72.7 Å². The van der Waals surface area contributed by atoms with Gasteiger partial charge in [-0.2, -0.15) is 13.7 Å². The van der Waals surface area contributed by atoms with Gasteiger partial charge in [0.05, 0.1) is 22.8 Å². The van der Waals surface area contributed by atoms with Gasteiger partial charge in [0.2, 0.25) is 0 Å². The maximum absolute atomic E-state index is 13.0. The van der Waals surface area contributed by atoms with Gasteiger partial charge >= 0.3 is 35.5 Å². The van der Waals surface area contributed by atoms with Crippen LogP contribution in [0.3, 0.4) is 0 Å². The van der Waals surface area contributed by atoms with Gasteiger partial charge < -0.3 is 9.84 Å². The van der Waals surface area contributed by atoms with Crippen LogP contribution >= 0.6 is 0 Å². The van der Waals surface area contributed by atoms with E-state index in [9.17, 15) is 23.6 Å². The number of aliphatic imine (C=N–C) groups is 1. The average molecular weight is 725 g/mol. The number of hydrogen-bond donors (Lipinski definition) is 1. The van der Waals surface area contributed by atoms with Crippen LogP contribution in [0.2, 0.25) is 0 Å². The van der Waals surface area contributed by atoms with Gasteiger partial charge in [-0.15, -0.1) is 0 Å². The molecule has 0 spiro atoms. The third-order valence-corrected chi connectivity index (χ3v) is 14.6. The summed E-state index contributed by atoms with van der Waals surface area (Å²) in [6, 6.07) is 2.26. The third-order valence-electron chi connectivity index (χ3n) is 13.6. The molecule has 10 heteroatoms. The largest absolute Gasteiger partial charge is 1.00 e. The van der Waals surface area contributed by atoms with Crippen LogP contribution in [0, 0.1) is 63.1 Å². The quantitative estimate of drug-likeness (QED) is 0.0591. The van der Waals surface area contributed by atoms with E-state index in [0.29, 0.717) is 11.3 Å². The van der Waals surface area contributed by atoms with Gasteiger partial charge in [0.1, 0.15) is 6.10 Å². The van der Waals surface area contributed by atoms with Crippen molar-refractivity contribution in [3.8, 4) is 6.07 Å². The molecule has 0 saturated heterocycles. The predicted octanol–water partition coefficient (Wildman–Crippen LogP) is 5.46. The van der Waals surface area contributed by atoms with Crippen molar-refractivity contribution in [3.05, 3.63) is 11.6 Å². The molecule has 0 aromatic rings. The Morgan fingerprint density at radius 3 is 2.40 bits per heavy atom. The summed E-state index contributed by atoms with van der Waals surface area (Å²) >= 11 is 0. The van der Waals surface area contributed by atoms with Crippen molar-refractivity contribution in [2.75, 3.05) is 5.75 Å². The SMILES string of the molecule is CC(C)CCC[C@@H](C)[C@H]1CC[C@H]2[C@@H]3CC=C4CC(OC(=O)CCC(C)(C#N)CCC([O-])=NC(C)(C)CS(=O)(=O)O)CC[C@]4(C)[C@H]3CC[C@]12C.[Na+]. The molecule has 0 aromatic carbocycles. The fraction of sp³-hybridized carbons (Fsp3) is 0.875. The second-order valence-corrected chi connectivity index (χ2v) is 19.8. The summed E-state index contributed by atoms with van der Waals surface area (Å²) in [6.07, 6.45) is 16.2. The second kappa shape index (κ2) is 17.0. The van der Waals surface area contributed by atoms with Crippen molar-refractivity contribution >= 4 is 22.0 Å². The smallest absolute Gasteiger partial charge is 0.862 e. The zero-order chi connectivity index (χ0) is 36.4. The van der Waals surface area contributed by atoms with Crippen LogP contribution in [0.25, 0.3) is 0 Å². The van der Waals surface area contributed by atoms with Crippen LogP contribution in [0.4, 0.5) is 0 Å². The van der Waals surface area contributed by atoms with E-state index < -0.39 is 32.7 Å². The number of carbonyl (C=O) groups excluding carboxylic acids is 1. The van der Waals surface area contributed by atoms with Gasteiger partial charge in [0, 0.05) is 12.8 Å². The molecule has 0 radical (unpaired) electrons. The maximum atomic E-state index is 13.0. The molecular weight excluding hydrogens is 660 g/mol. The zero-order valence-electron chi connectivity index (χ0n) is 32.7. The van der Waals surface area contributed by atoms with Crippen LogP contribution in [-0.4, -0.2) is 42.2 Å². The number of fused-ring (bicyclic) bond motifs is 5. The fourth-order valence-corrected chi connectivity index (χ4v) is 11.8. The van der Waals surface area contributed by atoms with Gasteiger partial charge in [-0.1, -0.05) is 65.5 Å². The third kappa shape index (κ3) is 10.6. The normalized spacial score (nSPS) is 33.1. The summed E-state index contributed by atoms with van der Waals surface area (Å²) in [6.45, 7) is 17.0. The molecule has 0 aromatic heterocycles. The van der Waals surface area contributed by atoms with Crippen molar-refractivity contribution in [3.63, 3.8) is 0 Å². The monoisotopic (exact) mass is 724 g/mol. The average Bonchev–Trinajstić information content (AvgIpc) is 3.35. The Labute approximate surface area is 326 Å². The minimum atomic E-state index is -4.29. The molecular formula is C40H65N2NaO6S. The number of carbonyl (C=O) groups is 1.